The second-order valence-corrected chi connectivity index (χ2v) is 4.64. The van der Waals surface area contributed by atoms with Gasteiger partial charge in [-0.1, -0.05) is 12.1 Å². The van der Waals surface area contributed by atoms with E-state index in [2.05, 4.69) is 4.74 Å². The molecule has 1 fully saturated rings. The summed E-state index contributed by atoms with van der Waals surface area (Å²) >= 11 is 0. The molecule has 8 heteroatoms. The Kier molecular flexibility index (Phi) is 4.06. The summed E-state index contributed by atoms with van der Waals surface area (Å²) in [4.78, 5) is 23.5. The molecule has 1 aromatic rings. The molecule has 1 N–H and O–H groups in total. The Labute approximate surface area is 117 Å². The number of carbonyl (C=O) groups is 2. The normalized spacial score (nSPS) is 16.1. The minimum Gasteiger partial charge on any atom is -0.479 e. The molecule has 1 amide bonds. The number of carboxylic acids is 1. The van der Waals surface area contributed by atoms with E-state index in [4.69, 9.17) is 0 Å². The topological polar surface area (TPSA) is 66.8 Å². The number of ether oxygens (including phenoxy) is 1. The number of carbonyl (C=O) groups excluding carboxylic acids is 1. The van der Waals surface area contributed by atoms with Crippen molar-refractivity contribution in [2.45, 2.75) is 31.3 Å². The van der Waals surface area contributed by atoms with Gasteiger partial charge in [-0.15, -0.1) is 13.2 Å². The molecule has 1 unspecified atom stereocenters. The standard InChI is InChI=1S/C13H12F3NO4/c14-13(15,16)21-10-3-1-2-8(6-10)11(12(19)20)17(7-18)9-4-5-9/h1-3,6-7,9,11H,4-5H2,(H,19,20). The molecule has 0 bridgehead atoms. The highest BCUT2D eigenvalue weighted by molar-refractivity contribution is 5.78. The molecule has 114 valence electrons. The first-order valence-corrected chi connectivity index (χ1v) is 6.13. The number of nitrogens with zero attached hydrogens (tertiary/aromatic N) is 1. The van der Waals surface area contributed by atoms with Crippen molar-refractivity contribution in [1.29, 1.82) is 0 Å². The van der Waals surface area contributed by atoms with E-state index in [1.807, 2.05) is 0 Å². The van der Waals surface area contributed by atoms with E-state index in [-0.39, 0.29) is 11.6 Å². The van der Waals surface area contributed by atoms with Gasteiger partial charge in [-0.25, -0.2) is 4.79 Å². The molecule has 0 heterocycles. The van der Waals surface area contributed by atoms with Crippen molar-refractivity contribution in [1.82, 2.24) is 4.90 Å². The zero-order valence-corrected chi connectivity index (χ0v) is 10.7. The lowest BCUT2D eigenvalue weighted by Gasteiger charge is -2.25. The van der Waals surface area contributed by atoms with Gasteiger partial charge < -0.3 is 14.7 Å². The van der Waals surface area contributed by atoms with E-state index in [0.717, 1.165) is 17.0 Å². The van der Waals surface area contributed by atoms with Gasteiger partial charge in [0, 0.05) is 6.04 Å². The van der Waals surface area contributed by atoms with Crippen LogP contribution in [0.4, 0.5) is 13.2 Å². The van der Waals surface area contributed by atoms with Gasteiger partial charge in [0.05, 0.1) is 0 Å². The van der Waals surface area contributed by atoms with Crippen LogP contribution in [0.2, 0.25) is 0 Å². The van der Waals surface area contributed by atoms with E-state index in [1.54, 1.807) is 0 Å². The first kappa shape index (κ1) is 15.1. The van der Waals surface area contributed by atoms with Crippen molar-refractivity contribution in [3.8, 4) is 5.75 Å². The molecule has 1 aliphatic carbocycles. The Bertz CT molecular complexity index is 542. The third-order valence-corrected chi connectivity index (χ3v) is 3.03. The van der Waals surface area contributed by atoms with E-state index < -0.39 is 24.1 Å². The molecule has 2 rings (SSSR count). The van der Waals surface area contributed by atoms with Gasteiger partial charge in [-0.2, -0.15) is 0 Å². The highest BCUT2D eigenvalue weighted by Gasteiger charge is 2.38. The Morgan fingerprint density at radius 2 is 2.10 bits per heavy atom. The van der Waals surface area contributed by atoms with Crippen molar-refractivity contribution in [2.24, 2.45) is 0 Å². The summed E-state index contributed by atoms with van der Waals surface area (Å²) in [6.45, 7) is 0. The molecule has 1 aromatic carbocycles. The number of amides is 1. The zero-order chi connectivity index (χ0) is 15.6. The van der Waals surface area contributed by atoms with Gasteiger partial charge >= 0.3 is 12.3 Å². The number of carboxylic acid groups (broad SMARTS) is 1. The maximum atomic E-state index is 12.2. The molecule has 1 aliphatic rings. The monoisotopic (exact) mass is 303 g/mol. The average molecular weight is 303 g/mol. The lowest BCUT2D eigenvalue weighted by Crippen LogP contribution is -2.34. The van der Waals surface area contributed by atoms with Crippen molar-refractivity contribution in [3.63, 3.8) is 0 Å². The molecule has 0 aliphatic heterocycles. The highest BCUT2D eigenvalue weighted by Crippen LogP contribution is 2.34. The summed E-state index contributed by atoms with van der Waals surface area (Å²) in [6, 6.07) is 3.13. The van der Waals surface area contributed by atoms with Gasteiger partial charge in [-0.3, -0.25) is 4.79 Å². The van der Waals surface area contributed by atoms with Crippen molar-refractivity contribution < 1.29 is 32.6 Å². The van der Waals surface area contributed by atoms with Crippen LogP contribution >= 0.6 is 0 Å². The Balaban J connectivity index is 2.30. The first-order valence-electron chi connectivity index (χ1n) is 6.13. The van der Waals surface area contributed by atoms with Crippen LogP contribution < -0.4 is 4.74 Å². The van der Waals surface area contributed by atoms with E-state index >= 15 is 0 Å². The summed E-state index contributed by atoms with van der Waals surface area (Å²) in [6.07, 6.45) is -3.09. The number of hydrogen-bond acceptors (Lipinski definition) is 3. The predicted molar refractivity (Wildman–Crippen MR) is 64.4 cm³/mol. The van der Waals surface area contributed by atoms with Crippen molar-refractivity contribution in [3.05, 3.63) is 29.8 Å². The fourth-order valence-corrected chi connectivity index (χ4v) is 2.05. The number of hydrogen-bond donors (Lipinski definition) is 1. The largest absolute Gasteiger partial charge is 0.573 e. The van der Waals surface area contributed by atoms with Crippen LogP contribution in [0.3, 0.4) is 0 Å². The lowest BCUT2D eigenvalue weighted by atomic mass is 10.1. The summed E-state index contributed by atoms with van der Waals surface area (Å²) in [5, 5.41) is 9.26. The van der Waals surface area contributed by atoms with Crippen molar-refractivity contribution in [2.75, 3.05) is 0 Å². The predicted octanol–water partition coefficient (Wildman–Crippen LogP) is 2.33. The molecular weight excluding hydrogens is 291 g/mol. The summed E-state index contributed by atoms with van der Waals surface area (Å²) in [5.74, 6) is -1.83. The quantitative estimate of drug-likeness (QED) is 0.819. The van der Waals surface area contributed by atoms with Gasteiger partial charge in [-0.05, 0) is 30.5 Å². The van der Waals surface area contributed by atoms with Crippen molar-refractivity contribution >= 4 is 12.4 Å². The second-order valence-electron chi connectivity index (χ2n) is 4.64. The fourth-order valence-electron chi connectivity index (χ4n) is 2.05. The average Bonchev–Trinajstić information content (AvgIpc) is 3.17. The molecule has 5 nitrogen and oxygen atoms in total. The smallest absolute Gasteiger partial charge is 0.479 e. The third kappa shape index (κ3) is 3.87. The van der Waals surface area contributed by atoms with E-state index in [0.29, 0.717) is 19.3 Å². The number of benzene rings is 1. The lowest BCUT2D eigenvalue weighted by molar-refractivity contribution is -0.274. The van der Waals surface area contributed by atoms with Crippen LogP contribution in [0.5, 0.6) is 5.75 Å². The van der Waals surface area contributed by atoms with Gasteiger partial charge in [0.2, 0.25) is 6.41 Å². The molecule has 0 radical (unpaired) electrons. The number of alkyl halides is 3. The molecule has 0 aromatic heterocycles. The zero-order valence-electron chi connectivity index (χ0n) is 10.7. The molecule has 21 heavy (non-hydrogen) atoms. The van der Waals surface area contributed by atoms with Crippen LogP contribution in [0.15, 0.2) is 24.3 Å². The Morgan fingerprint density at radius 1 is 1.43 bits per heavy atom. The number of rotatable bonds is 6. The summed E-state index contributed by atoms with van der Waals surface area (Å²) in [7, 11) is 0. The highest BCUT2D eigenvalue weighted by atomic mass is 19.4. The first-order chi connectivity index (χ1) is 9.81. The number of halogens is 3. The maximum Gasteiger partial charge on any atom is 0.573 e. The van der Waals surface area contributed by atoms with Crippen LogP contribution in [0, 0.1) is 0 Å². The minimum absolute atomic E-state index is 0.0586. The molecule has 0 saturated heterocycles. The number of aliphatic carboxylic acids is 1. The second kappa shape index (κ2) is 5.63. The summed E-state index contributed by atoms with van der Waals surface area (Å²) in [5.41, 5.74) is 0.0586. The molecule has 0 spiro atoms. The SMILES string of the molecule is O=CN(C1CC1)C(C(=O)O)c1cccc(OC(F)(F)F)c1. The molecule has 1 saturated carbocycles. The van der Waals surface area contributed by atoms with Gasteiger partial charge in [0.25, 0.3) is 0 Å². The fraction of sp³-hybridized carbons (Fsp3) is 0.385. The maximum absolute atomic E-state index is 12.2. The van der Waals surface area contributed by atoms with Crippen LogP contribution in [0.25, 0.3) is 0 Å². The summed E-state index contributed by atoms with van der Waals surface area (Å²) < 4.78 is 40.3. The van der Waals surface area contributed by atoms with E-state index in [9.17, 15) is 27.9 Å². The van der Waals surface area contributed by atoms with Crippen LogP contribution in [0.1, 0.15) is 24.4 Å². The van der Waals surface area contributed by atoms with Gasteiger partial charge in [0.15, 0.2) is 6.04 Å². The van der Waals surface area contributed by atoms with Crippen LogP contribution in [-0.4, -0.2) is 34.8 Å². The Hall–Kier alpha value is -2.25. The Morgan fingerprint density at radius 3 is 2.57 bits per heavy atom. The minimum atomic E-state index is -4.86. The molecule has 1 atom stereocenters. The van der Waals surface area contributed by atoms with Crippen LogP contribution in [-0.2, 0) is 9.59 Å². The third-order valence-electron chi connectivity index (χ3n) is 3.03. The van der Waals surface area contributed by atoms with Gasteiger partial charge in [0.1, 0.15) is 5.75 Å². The van der Waals surface area contributed by atoms with E-state index in [1.165, 1.54) is 12.1 Å². The molecular formula is C13H12F3NO4.